The highest BCUT2D eigenvalue weighted by molar-refractivity contribution is 5.73. The highest BCUT2D eigenvalue weighted by Crippen LogP contribution is 1.99. The number of hydrogen-bond acceptors (Lipinski definition) is 3. The largest absolute Gasteiger partial charge is 0.336 e. The summed E-state index contributed by atoms with van der Waals surface area (Å²) in [6.07, 6.45) is 7.62. The Morgan fingerprint density at radius 1 is 1.57 bits per heavy atom. The van der Waals surface area contributed by atoms with E-state index in [-0.39, 0.29) is 0 Å². The number of imidazole rings is 1. The van der Waals surface area contributed by atoms with Gasteiger partial charge in [0.15, 0.2) is 6.29 Å². The van der Waals surface area contributed by atoms with Gasteiger partial charge in [0.05, 0.1) is 18.3 Å². The van der Waals surface area contributed by atoms with E-state index in [1.807, 2.05) is 17.8 Å². The van der Waals surface area contributed by atoms with Gasteiger partial charge in [0.1, 0.15) is 5.82 Å². The zero-order valence-electron chi connectivity index (χ0n) is 7.79. The van der Waals surface area contributed by atoms with Crippen molar-refractivity contribution in [3.05, 3.63) is 36.2 Å². The van der Waals surface area contributed by atoms with Crippen molar-refractivity contribution in [2.24, 2.45) is 7.05 Å². The second-order valence-corrected chi connectivity index (χ2v) is 3.04. The lowest BCUT2D eigenvalue weighted by molar-refractivity contribution is 0.112. The summed E-state index contributed by atoms with van der Waals surface area (Å²) >= 11 is 0. The Morgan fingerprint density at radius 2 is 2.43 bits per heavy atom. The van der Waals surface area contributed by atoms with E-state index >= 15 is 0 Å². The van der Waals surface area contributed by atoms with Gasteiger partial charge in [-0.3, -0.25) is 9.48 Å². The maximum Gasteiger partial charge on any atom is 0.153 e. The minimum Gasteiger partial charge on any atom is -0.336 e. The fourth-order valence-corrected chi connectivity index (χ4v) is 1.22. The van der Waals surface area contributed by atoms with Crippen molar-refractivity contribution in [1.82, 2.24) is 19.3 Å². The Morgan fingerprint density at radius 3 is 3.00 bits per heavy atom. The highest BCUT2D eigenvalue weighted by atomic mass is 16.1. The predicted molar refractivity (Wildman–Crippen MR) is 49.9 cm³/mol. The van der Waals surface area contributed by atoms with E-state index in [9.17, 15) is 4.79 Å². The van der Waals surface area contributed by atoms with Gasteiger partial charge < -0.3 is 4.57 Å². The van der Waals surface area contributed by atoms with Crippen molar-refractivity contribution >= 4 is 6.29 Å². The molecule has 2 aromatic heterocycles. The molecule has 0 spiro atoms. The zero-order chi connectivity index (χ0) is 9.97. The Kier molecular flexibility index (Phi) is 2.14. The Hall–Kier alpha value is -1.91. The molecule has 0 aliphatic rings. The van der Waals surface area contributed by atoms with Crippen molar-refractivity contribution in [2.75, 3.05) is 0 Å². The molecule has 0 N–H and O–H groups in total. The topological polar surface area (TPSA) is 52.7 Å². The van der Waals surface area contributed by atoms with Crippen LogP contribution >= 0.6 is 0 Å². The summed E-state index contributed by atoms with van der Waals surface area (Å²) < 4.78 is 3.61. The lowest BCUT2D eigenvalue weighted by Crippen LogP contribution is -2.05. The molecule has 0 saturated carbocycles. The second kappa shape index (κ2) is 3.45. The molecule has 5 heteroatoms. The molecule has 0 aliphatic carbocycles. The zero-order valence-corrected chi connectivity index (χ0v) is 7.79. The van der Waals surface area contributed by atoms with E-state index < -0.39 is 0 Å². The Balaban J connectivity index is 2.18. The van der Waals surface area contributed by atoms with Gasteiger partial charge in [-0.1, -0.05) is 0 Å². The Bertz CT molecular complexity index is 443. The van der Waals surface area contributed by atoms with Crippen LogP contribution in [0.25, 0.3) is 0 Å². The normalized spacial score (nSPS) is 10.4. The summed E-state index contributed by atoms with van der Waals surface area (Å²) in [5.74, 6) is 0.908. The molecule has 0 bridgehead atoms. The molecule has 14 heavy (non-hydrogen) atoms. The van der Waals surface area contributed by atoms with E-state index in [1.54, 1.807) is 17.1 Å². The minimum atomic E-state index is 0.581. The first kappa shape index (κ1) is 8.68. The molecule has 0 aromatic carbocycles. The first-order chi connectivity index (χ1) is 6.79. The summed E-state index contributed by atoms with van der Waals surface area (Å²) in [5, 5.41) is 4.04. The number of aromatic nitrogens is 4. The van der Waals surface area contributed by atoms with Gasteiger partial charge in [-0.2, -0.15) is 5.10 Å². The third-order valence-electron chi connectivity index (χ3n) is 2.01. The number of hydrogen-bond donors (Lipinski definition) is 0. The first-order valence-corrected chi connectivity index (χ1v) is 4.23. The monoisotopic (exact) mass is 190 g/mol. The molecule has 0 saturated heterocycles. The van der Waals surface area contributed by atoms with Crippen LogP contribution in [0, 0.1) is 0 Å². The Labute approximate surface area is 81.0 Å². The molecular formula is C9H10N4O. The third kappa shape index (κ3) is 1.56. The number of carbonyl (C=O) groups is 1. The molecule has 0 radical (unpaired) electrons. The molecule has 0 fully saturated rings. The van der Waals surface area contributed by atoms with Gasteiger partial charge in [0.2, 0.25) is 0 Å². The van der Waals surface area contributed by atoms with E-state index in [2.05, 4.69) is 10.1 Å². The first-order valence-electron chi connectivity index (χ1n) is 4.23. The van der Waals surface area contributed by atoms with Gasteiger partial charge >= 0.3 is 0 Å². The second-order valence-electron chi connectivity index (χ2n) is 3.04. The number of nitrogens with zero attached hydrogens (tertiary/aromatic N) is 4. The minimum absolute atomic E-state index is 0.581. The third-order valence-corrected chi connectivity index (χ3v) is 2.01. The van der Waals surface area contributed by atoms with E-state index in [0.29, 0.717) is 12.1 Å². The molecule has 0 atom stereocenters. The number of aryl methyl sites for hydroxylation is 1. The van der Waals surface area contributed by atoms with Crippen LogP contribution < -0.4 is 0 Å². The summed E-state index contributed by atoms with van der Waals surface area (Å²) in [6, 6.07) is 0. The van der Waals surface area contributed by atoms with Gasteiger partial charge in [-0.25, -0.2) is 4.98 Å². The average molecular weight is 190 g/mol. The van der Waals surface area contributed by atoms with Crippen LogP contribution in [-0.4, -0.2) is 25.6 Å². The van der Waals surface area contributed by atoms with E-state index in [1.165, 1.54) is 6.20 Å². The van der Waals surface area contributed by atoms with E-state index in [0.717, 1.165) is 12.1 Å². The fraction of sp³-hybridized carbons (Fsp3) is 0.222. The van der Waals surface area contributed by atoms with Crippen LogP contribution in [0.15, 0.2) is 24.8 Å². The van der Waals surface area contributed by atoms with Crippen LogP contribution in [0.3, 0.4) is 0 Å². The molecule has 0 aliphatic heterocycles. The molecule has 2 rings (SSSR count). The van der Waals surface area contributed by atoms with Crippen molar-refractivity contribution in [3.63, 3.8) is 0 Å². The van der Waals surface area contributed by atoms with Crippen LogP contribution in [0.5, 0.6) is 0 Å². The molecule has 2 aromatic rings. The lowest BCUT2D eigenvalue weighted by Gasteiger charge is -2.00. The summed E-state index contributed by atoms with van der Waals surface area (Å²) in [4.78, 5) is 14.6. The van der Waals surface area contributed by atoms with Crippen molar-refractivity contribution in [1.29, 1.82) is 0 Å². The summed E-state index contributed by atoms with van der Waals surface area (Å²) in [6.45, 7) is 0.581. The number of carbonyl (C=O) groups excluding carboxylic acids is 1. The number of aldehydes is 1. The molecule has 2 heterocycles. The van der Waals surface area contributed by atoms with Crippen molar-refractivity contribution in [3.8, 4) is 0 Å². The van der Waals surface area contributed by atoms with Crippen molar-refractivity contribution in [2.45, 2.75) is 6.54 Å². The van der Waals surface area contributed by atoms with Gasteiger partial charge in [-0.15, -0.1) is 0 Å². The smallest absolute Gasteiger partial charge is 0.153 e. The van der Waals surface area contributed by atoms with Crippen LogP contribution in [0.4, 0.5) is 0 Å². The van der Waals surface area contributed by atoms with E-state index in [4.69, 9.17) is 0 Å². The van der Waals surface area contributed by atoms with Crippen LogP contribution in [-0.2, 0) is 13.6 Å². The van der Waals surface area contributed by atoms with Crippen LogP contribution in [0.1, 0.15) is 16.2 Å². The van der Waals surface area contributed by atoms with Gasteiger partial charge in [0.25, 0.3) is 0 Å². The molecule has 5 nitrogen and oxygen atoms in total. The molecule has 0 amide bonds. The molecule has 0 unspecified atom stereocenters. The average Bonchev–Trinajstić information content (AvgIpc) is 2.77. The quantitative estimate of drug-likeness (QED) is 0.661. The predicted octanol–water partition coefficient (Wildman–Crippen LogP) is 0.477. The van der Waals surface area contributed by atoms with Crippen LogP contribution in [0.2, 0.25) is 0 Å². The maximum atomic E-state index is 10.4. The van der Waals surface area contributed by atoms with Crippen molar-refractivity contribution < 1.29 is 4.79 Å². The fourth-order valence-electron chi connectivity index (χ4n) is 1.22. The standard InChI is InChI=1S/C9H10N4O/c1-12-3-2-10-9(12)6-13-5-8(7-14)4-11-13/h2-5,7H,6H2,1H3. The number of rotatable bonds is 3. The molecule has 72 valence electrons. The van der Waals surface area contributed by atoms with Gasteiger partial charge in [0, 0.05) is 25.6 Å². The molecular weight excluding hydrogens is 180 g/mol. The highest BCUT2D eigenvalue weighted by Gasteiger charge is 2.01. The summed E-state index contributed by atoms with van der Waals surface area (Å²) in [7, 11) is 1.92. The summed E-state index contributed by atoms with van der Waals surface area (Å²) in [5.41, 5.74) is 0.583. The SMILES string of the molecule is Cn1ccnc1Cn1cc(C=O)cn1. The lowest BCUT2D eigenvalue weighted by atomic mass is 10.4. The maximum absolute atomic E-state index is 10.4. The van der Waals surface area contributed by atoms with Gasteiger partial charge in [-0.05, 0) is 0 Å².